The predicted octanol–water partition coefficient (Wildman–Crippen LogP) is 2.09. The van der Waals surface area contributed by atoms with E-state index in [-0.39, 0.29) is 11.9 Å². The van der Waals surface area contributed by atoms with Crippen LogP contribution < -0.4 is 5.32 Å². The zero-order chi connectivity index (χ0) is 17.8. The molecule has 1 rings (SSSR count). The van der Waals surface area contributed by atoms with E-state index in [4.69, 9.17) is 9.47 Å². The van der Waals surface area contributed by atoms with Gasteiger partial charge in [-0.25, -0.2) is 4.99 Å². The predicted molar refractivity (Wildman–Crippen MR) is 96.6 cm³/mol. The van der Waals surface area contributed by atoms with Crippen molar-refractivity contribution in [3.63, 3.8) is 0 Å². The van der Waals surface area contributed by atoms with Crippen molar-refractivity contribution in [3.8, 4) is 0 Å². The van der Waals surface area contributed by atoms with Crippen molar-refractivity contribution in [2.75, 3.05) is 47.0 Å². The fraction of sp³-hybridized carbons (Fsp3) is 0.556. The summed E-state index contributed by atoms with van der Waals surface area (Å²) in [6.07, 6.45) is 0.895. The molecule has 1 aromatic rings. The number of carbonyl (C=O) groups excluding carboxylic acids is 1. The van der Waals surface area contributed by atoms with Gasteiger partial charge >= 0.3 is 0 Å². The summed E-state index contributed by atoms with van der Waals surface area (Å²) < 4.78 is 10.8. The van der Waals surface area contributed by atoms with Crippen molar-refractivity contribution in [1.29, 1.82) is 0 Å². The van der Waals surface area contributed by atoms with Crippen LogP contribution in [-0.4, -0.2) is 63.8 Å². The molecule has 0 aliphatic rings. The van der Waals surface area contributed by atoms with Gasteiger partial charge in [0, 0.05) is 18.7 Å². The second-order valence-electron chi connectivity index (χ2n) is 5.71. The molecular formula is C18H29N3O3. The number of ether oxygens (including phenoxy) is 2. The van der Waals surface area contributed by atoms with Gasteiger partial charge in [0.25, 0.3) is 11.9 Å². The summed E-state index contributed by atoms with van der Waals surface area (Å²) in [4.78, 5) is 18.7. The summed E-state index contributed by atoms with van der Waals surface area (Å²) in [7, 11) is 4.03. The van der Waals surface area contributed by atoms with E-state index in [0.29, 0.717) is 31.9 Å². The summed E-state index contributed by atoms with van der Waals surface area (Å²) in [5.41, 5.74) is 1.69. The third-order valence-electron chi connectivity index (χ3n) is 3.22. The number of amides is 1. The standard InChI is InChI=1S/C18H29N3O3/c1-5-23-13-14-24-18(19-11-6-12-21(3)4)20-17(22)16-9-7-15(2)8-10-16/h7-10H,5-6,11-14H2,1-4H3,(H,19,20,22). The van der Waals surface area contributed by atoms with E-state index >= 15 is 0 Å². The average Bonchev–Trinajstić information content (AvgIpc) is 2.55. The highest BCUT2D eigenvalue weighted by molar-refractivity contribution is 6.04. The molecule has 1 amide bonds. The first-order valence-electron chi connectivity index (χ1n) is 8.30. The number of carbonyl (C=O) groups is 1. The Bertz CT molecular complexity index is 513. The van der Waals surface area contributed by atoms with Crippen LogP contribution in [0.15, 0.2) is 29.3 Å². The van der Waals surface area contributed by atoms with Crippen LogP contribution in [-0.2, 0) is 9.47 Å². The summed E-state index contributed by atoms with van der Waals surface area (Å²) in [5.74, 6) is -0.224. The maximum absolute atomic E-state index is 12.3. The number of amidine groups is 1. The first kappa shape index (κ1) is 20.1. The van der Waals surface area contributed by atoms with Gasteiger partial charge in [-0.05, 0) is 53.0 Å². The molecule has 0 aromatic heterocycles. The minimum absolute atomic E-state index is 0.224. The van der Waals surface area contributed by atoms with E-state index in [9.17, 15) is 4.79 Å². The second-order valence-corrected chi connectivity index (χ2v) is 5.71. The molecule has 0 aliphatic carbocycles. The fourth-order valence-electron chi connectivity index (χ4n) is 1.90. The molecule has 0 heterocycles. The first-order chi connectivity index (χ1) is 11.5. The number of nitrogens with one attached hydrogen (secondary N) is 1. The maximum Gasteiger partial charge on any atom is 0.291 e. The van der Waals surface area contributed by atoms with Crippen LogP contribution in [0.25, 0.3) is 0 Å². The van der Waals surface area contributed by atoms with Crippen LogP contribution >= 0.6 is 0 Å². The third kappa shape index (κ3) is 8.64. The Morgan fingerprint density at radius 1 is 1.21 bits per heavy atom. The third-order valence-corrected chi connectivity index (χ3v) is 3.22. The van der Waals surface area contributed by atoms with Crippen LogP contribution in [0.5, 0.6) is 0 Å². The van der Waals surface area contributed by atoms with Crippen LogP contribution in [0.4, 0.5) is 0 Å². The lowest BCUT2D eigenvalue weighted by molar-refractivity contribution is 0.0922. The van der Waals surface area contributed by atoms with Crippen LogP contribution in [0, 0.1) is 6.92 Å². The molecule has 24 heavy (non-hydrogen) atoms. The summed E-state index contributed by atoms with van der Waals surface area (Å²) in [5, 5.41) is 2.74. The summed E-state index contributed by atoms with van der Waals surface area (Å²) in [6, 6.07) is 7.62. The van der Waals surface area contributed by atoms with Gasteiger partial charge in [-0.15, -0.1) is 0 Å². The number of benzene rings is 1. The monoisotopic (exact) mass is 335 g/mol. The van der Waals surface area contributed by atoms with Crippen molar-refractivity contribution >= 4 is 11.9 Å². The molecule has 0 saturated heterocycles. The Kier molecular flexibility index (Phi) is 9.72. The van der Waals surface area contributed by atoms with Crippen molar-refractivity contribution in [2.24, 2.45) is 4.99 Å². The zero-order valence-electron chi connectivity index (χ0n) is 15.2. The molecule has 0 unspecified atom stereocenters. The van der Waals surface area contributed by atoms with Crippen molar-refractivity contribution in [1.82, 2.24) is 10.2 Å². The van der Waals surface area contributed by atoms with Crippen LogP contribution in [0.2, 0.25) is 0 Å². The van der Waals surface area contributed by atoms with E-state index in [1.165, 1.54) is 0 Å². The molecule has 0 spiro atoms. The Morgan fingerprint density at radius 2 is 1.92 bits per heavy atom. The van der Waals surface area contributed by atoms with E-state index in [1.807, 2.05) is 40.1 Å². The van der Waals surface area contributed by atoms with Gasteiger partial charge in [0.05, 0.1) is 6.61 Å². The number of aryl methyl sites for hydroxylation is 1. The normalized spacial score (nSPS) is 11.6. The molecule has 0 aliphatic heterocycles. The van der Waals surface area contributed by atoms with E-state index in [1.54, 1.807) is 12.1 Å². The number of aliphatic imine (C=N–C) groups is 1. The van der Waals surface area contributed by atoms with E-state index < -0.39 is 0 Å². The number of nitrogens with zero attached hydrogens (tertiary/aromatic N) is 2. The van der Waals surface area contributed by atoms with Gasteiger partial charge in [0.1, 0.15) is 6.61 Å². The Morgan fingerprint density at radius 3 is 2.54 bits per heavy atom. The topological polar surface area (TPSA) is 63.2 Å². The summed E-state index contributed by atoms with van der Waals surface area (Å²) in [6.45, 7) is 6.89. The highest BCUT2D eigenvalue weighted by atomic mass is 16.5. The van der Waals surface area contributed by atoms with Crippen molar-refractivity contribution in [3.05, 3.63) is 35.4 Å². The minimum Gasteiger partial charge on any atom is -0.463 e. The van der Waals surface area contributed by atoms with Crippen LogP contribution in [0.3, 0.4) is 0 Å². The molecule has 6 nitrogen and oxygen atoms in total. The van der Waals surface area contributed by atoms with Gasteiger partial charge < -0.3 is 14.4 Å². The Balaban J connectivity index is 2.59. The van der Waals surface area contributed by atoms with Gasteiger partial charge in [0.2, 0.25) is 0 Å². The van der Waals surface area contributed by atoms with Gasteiger partial charge in [0.15, 0.2) is 0 Å². The molecule has 0 saturated carbocycles. The highest BCUT2D eigenvalue weighted by Crippen LogP contribution is 2.03. The Hall–Kier alpha value is -1.92. The average molecular weight is 335 g/mol. The smallest absolute Gasteiger partial charge is 0.291 e. The van der Waals surface area contributed by atoms with E-state index in [2.05, 4.69) is 15.2 Å². The molecule has 134 valence electrons. The largest absolute Gasteiger partial charge is 0.463 e. The van der Waals surface area contributed by atoms with Crippen molar-refractivity contribution in [2.45, 2.75) is 20.3 Å². The lowest BCUT2D eigenvalue weighted by Gasteiger charge is -2.12. The van der Waals surface area contributed by atoms with Gasteiger partial charge in [-0.3, -0.25) is 10.1 Å². The second kappa shape index (κ2) is 11.6. The molecule has 1 aromatic carbocycles. The number of hydrogen-bond acceptors (Lipinski definition) is 5. The molecule has 6 heteroatoms. The molecule has 0 fully saturated rings. The maximum atomic E-state index is 12.3. The minimum atomic E-state index is -0.224. The lowest BCUT2D eigenvalue weighted by Crippen LogP contribution is -2.33. The first-order valence-corrected chi connectivity index (χ1v) is 8.30. The van der Waals surface area contributed by atoms with Gasteiger partial charge in [-0.1, -0.05) is 17.7 Å². The highest BCUT2D eigenvalue weighted by Gasteiger charge is 2.10. The number of hydrogen-bond donors (Lipinski definition) is 1. The zero-order valence-corrected chi connectivity index (χ0v) is 15.2. The lowest BCUT2D eigenvalue weighted by atomic mass is 10.1. The molecule has 0 bridgehead atoms. The van der Waals surface area contributed by atoms with Gasteiger partial charge in [-0.2, -0.15) is 0 Å². The molecule has 1 N–H and O–H groups in total. The SMILES string of the molecule is CCOCCOC(=NCCCN(C)C)NC(=O)c1ccc(C)cc1. The fourth-order valence-corrected chi connectivity index (χ4v) is 1.90. The molecular weight excluding hydrogens is 306 g/mol. The Labute approximate surface area is 144 Å². The quantitative estimate of drug-likeness (QED) is 0.426. The molecule has 0 atom stereocenters. The van der Waals surface area contributed by atoms with Crippen LogP contribution in [0.1, 0.15) is 29.3 Å². The van der Waals surface area contributed by atoms with E-state index in [0.717, 1.165) is 18.5 Å². The summed E-state index contributed by atoms with van der Waals surface area (Å²) >= 11 is 0. The van der Waals surface area contributed by atoms with Crippen molar-refractivity contribution < 1.29 is 14.3 Å². The molecule has 0 radical (unpaired) electrons. The number of rotatable bonds is 9.